The molecule has 3 aliphatic rings. The third-order valence-corrected chi connectivity index (χ3v) is 8.74. The summed E-state index contributed by atoms with van der Waals surface area (Å²) in [6.07, 6.45) is 2.34. The molecular formula is C22H29F3N2O3S. The monoisotopic (exact) mass is 458 g/mol. The highest BCUT2D eigenvalue weighted by atomic mass is 32.2. The number of amides is 1. The summed E-state index contributed by atoms with van der Waals surface area (Å²) in [6.45, 7) is 1.82. The van der Waals surface area contributed by atoms with Crippen molar-refractivity contribution in [3.63, 3.8) is 0 Å². The topological polar surface area (TPSA) is 76.1 Å². The lowest BCUT2D eigenvalue weighted by molar-refractivity contribution is -0.141. The Morgan fingerprint density at radius 3 is 2.26 bits per heavy atom. The van der Waals surface area contributed by atoms with E-state index in [1.165, 1.54) is 25.8 Å². The van der Waals surface area contributed by atoms with Crippen LogP contribution in [0.3, 0.4) is 0 Å². The molecule has 5 nitrogen and oxygen atoms in total. The van der Waals surface area contributed by atoms with E-state index in [1.807, 2.05) is 0 Å². The minimum Gasteiger partial charge on any atom is -0.351 e. The van der Waals surface area contributed by atoms with Crippen LogP contribution in [-0.2, 0) is 16.0 Å². The van der Waals surface area contributed by atoms with E-state index < -0.39 is 27.6 Å². The second kappa shape index (κ2) is 8.05. The molecule has 0 bridgehead atoms. The molecule has 3 aliphatic carbocycles. The molecule has 0 atom stereocenters. The van der Waals surface area contributed by atoms with Gasteiger partial charge < -0.3 is 5.32 Å². The van der Waals surface area contributed by atoms with Gasteiger partial charge in [-0.1, -0.05) is 12.8 Å². The fraction of sp³-hybridized carbons (Fsp3) is 0.727. The van der Waals surface area contributed by atoms with Crippen molar-refractivity contribution in [1.82, 2.24) is 10.3 Å². The number of nitrogens with one attached hydrogen (secondary N) is 1. The molecule has 3 fully saturated rings. The third-order valence-electron chi connectivity index (χ3n) is 6.78. The highest BCUT2D eigenvalue weighted by Gasteiger charge is 2.48. The summed E-state index contributed by atoms with van der Waals surface area (Å²) < 4.78 is 63.1. The molecule has 1 amide bonds. The van der Waals surface area contributed by atoms with Crippen molar-refractivity contribution in [2.45, 2.75) is 58.0 Å². The van der Waals surface area contributed by atoms with Gasteiger partial charge in [0.1, 0.15) is 5.69 Å². The van der Waals surface area contributed by atoms with Crippen LogP contribution in [0.4, 0.5) is 13.2 Å². The van der Waals surface area contributed by atoms with Crippen LogP contribution in [0.2, 0.25) is 0 Å². The van der Waals surface area contributed by atoms with Crippen molar-refractivity contribution in [2.75, 3.05) is 18.1 Å². The summed E-state index contributed by atoms with van der Waals surface area (Å²) in [5, 5.41) is 2.89. The van der Waals surface area contributed by atoms with Crippen LogP contribution in [-0.4, -0.2) is 37.4 Å². The predicted octanol–water partition coefficient (Wildman–Crippen LogP) is 4.16. The standard InChI is InChI=1S/C22H29F3N2O3S/c1-14-18(6-7-19(27-14)22(23,24)25)20(28)26-13-21(8-15-2-3-15)9-17(10-21)12-31(29,30)11-16-4-5-16/h6-7,15-17H,2-5,8-13H2,1H3,(H,26,28)/t17-,21-. The van der Waals surface area contributed by atoms with Gasteiger partial charge in [-0.2, -0.15) is 13.2 Å². The first-order valence-electron chi connectivity index (χ1n) is 11.0. The number of aryl methyl sites for hydroxylation is 1. The Kier molecular flexibility index (Phi) is 5.85. The van der Waals surface area contributed by atoms with Crippen molar-refractivity contribution in [3.05, 3.63) is 29.1 Å². The summed E-state index contributed by atoms with van der Waals surface area (Å²) >= 11 is 0. The predicted molar refractivity (Wildman–Crippen MR) is 110 cm³/mol. The lowest BCUT2D eigenvalue weighted by atomic mass is 9.60. The number of halogens is 3. The number of alkyl halides is 3. The van der Waals surface area contributed by atoms with Gasteiger partial charge in [-0.25, -0.2) is 13.4 Å². The van der Waals surface area contributed by atoms with E-state index in [4.69, 9.17) is 0 Å². The Labute approximate surface area is 181 Å². The maximum Gasteiger partial charge on any atom is 0.433 e. The minimum absolute atomic E-state index is 0.0428. The summed E-state index contributed by atoms with van der Waals surface area (Å²) in [7, 11) is -3.03. The van der Waals surface area contributed by atoms with Crippen molar-refractivity contribution in [2.24, 2.45) is 23.2 Å². The first-order chi connectivity index (χ1) is 14.4. The zero-order valence-corrected chi connectivity index (χ0v) is 18.5. The van der Waals surface area contributed by atoms with E-state index in [2.05, 4.69) is 10.3 Å². The summed E-state index contributed by atoms with van der Waals surface area (Å²) in [5.74, 6) is 1.21. The van der Waals surface area contributed by atoms with Gasteiger partial charge in [0, 0.05) is 6.54 Å². The molecule has 1 aromatic heterocycles. The van der Waals surface area contributed by atoms with Gasteiger partial charge in [-0.3, -0.25) is 4.79 Å². The van der Waals surface area contributed by atoms with Crippen molar-refractivity contribution in [3.8, 4) is 0 Å². The van der Waals surface area contributed by atoms with Crippen LogP contribution >= 0.6 is 0 Å². The minimum atomic E-state index is -4.55. The first-order valence-corrected chi connectivity index (χ1v) is 12.8. The van der Waals surface area contributed by atoms with Crippen molar-refractivity contribution < 1.29 is 26.4 Å². The molecule has 0 spiro atoms. The molecule has 1 aromatic rings. The van der Waals surface area contributed by atoms with E-state index >= 15 is 0 Å². The highest BCUT2D eigenvalue weighted by Crippen LogP contribution is 2.54. The van der Waals surface area contributed by atoms with Crippen LogP contribution in [0, 0.1) is 30.1 Å². The number of rotatable bonds is 9. The zero-order valence-electron chi connectivity index (χ0n) is 17.7. The second-order valence-corrected chi connectivity index (χ2v) is 12.1. The van der Waals surface area contributed by atoms with Crippen LogP contribution in [0.1, 0.15) is 66.7 Å². The maximum atomic E-state index is 12.8. The Morgan fingerprint density at radius 1 is 1.10 bits per heavy atom. The molecule has 4 rings (SSSR count). The van der Waals surface area contributed by atoms with E-state index in [0.29, 0.717) is 24.1 Å². The van der Waals surface area contributed by atoms with E-state index in [1.54, 1.807) is 0 Å². The summed E-state index contributed by atoms with van der Waals surface area (Å²) in [6, 6.07) is 1.99. The molecule has 1 N–H and O–H groups in total. The lowest BCUT2D eigenvalue weighted by Crippen LogP contribution is -2.48. The number of pyridine rings is 1. The van der Waals surface area contributed by atoms with Gasteiger partial charge in [-0.05, 0) is 74.3 Å². The Bertz CT molecular complexity index is 947. The van der Waals surface area contributed by atoms with Gasteiger partial charge in [0.2, 0.25) is 0 Å². The number of aromatic nitrogens is 1. The third kappa shape index (κ3) is 5.79. The number of hydrogen-bond donors (Lipinski definition) is 1. The largest absolute Gasteiger partial charge is 0.433 e. The van der Waals surface area contributed by atoms with Gasteiger partial charge in [0.25, 0.3) is 5.91 Å². The molecular weight excluding hydrogens is 429 g/mol. The first kappa shape index (κ1) is 22.6. The fourth-order valence-electron chi connectivity index (χ4n) is 4.99. The molecule has 0 unspecified atom stereocenters. The number of nitrogens with zero attached hydrogens (tertiary/aromatic N) is 1. The molecule has 9 heteroatoms. The maximum absolute atomic E-state index is 12.8. The van der Waals surface area contributed by atoms with E-state index in [0.717, 1.165) is 38.2 Å². The van der Waals surface area contributed by atoms with Crippen molar-refractivity contribution >= 4 is 15.7 Å². The van der Waals surface area contributed by atoms with E-state index in [9.17, 15) is 26.4 Å². The SMILES string of the molecule is Cc1nc(C(F)(F)F)ccc1C(=O)NC[C@]1(CC2CC2)C[C@@H](CS(=O)(=O)CC2CC2)C1. The van der Waals surface area contributed by atoms with Crippen LogP contribution in [0.5, 0.6) is 0 Å². The average Bonchev–Trinajstić information content (AvgIpc) is 3.54. The van der Waals surface area contributed by atoms with Crippen LogP contribution < -0.4 is 5.32 Å². The average molecular weight is 459 g/mol. The highest BCUT2D eigenvalue weighted by molar-refractivity contribution is 7.91. The fourth-order valence-corrected chi connectivity index (χ4v) is 7.13. The summed E-state index contributed by atoms with van der Waals surface area (Å²) in [5.41, 5.74) is -0.941. The molecule has 0 aliphatic heterocycles. The quantitative estimate of drug-likeness (QED) is 0.603. The number of carbonyl (C=O) groups excluding carboxylic acids is 1. The van der Waals surface area contributed by atoms with Crippen LogP contribution in [0.25, 0.3) is 0 Å². The molecule has 172 valence electrons. The normalized spacial score (nSPS) is 26.4. The number of sulfone groups is 1. The van der Waals surface area contributed by atoms with Crippen LogP contribution in [0.15, 0.2) is 12.1 Å². The smallest absolute Gasteiger partial charge is 0.351 e. The van der Waals surface area contributed by atoms with Crippen molar-refractivity contribution in [1.29, 1.82) is 0 Å². The number of hydrogen-bond acceptors (Lipinski definition) is 4. The number of carbonyl (C=O) groups is 1. The second-order valence-electron chi connectivity index (χ2n) is 9.95. The molecule has 3 saturated carbocycles. The van der Waals surface area contributed by atoms with Gasteiger partial charge in [0.15, 0.2) is 9.84 Å². The Balaban J connectivity index is 1.35. The molecule has 31 heavy (non-hydrogen) atoms. The van der Waals surface area contributed by atoms with Gasteiger partial charge in [-0.15, -0.1) is 0 Å². The lowest BCUT2D eigenvalue weighted by Gasteiger charge is -2.48. The molecule has 0 saturated heterocycles. The molecule has 0 aromatic carbocycles. The molecule has 1 heterocycles. The zero-order chi connectivity index (χ0) is 22.4. The van der Waals surface area contributed by atoms with E-state index in [-0.39, 0.29) is 28.3 Å². The summed E-state index contributed by atoms with van der Waals surface area (Å²) in [4.78, 5) is 16.2. The molecule has 0 radical (unpaired) electrons. The van der Waals surface area contributed by atoms with Gasteiger partial charge in [0.05, 0.1) is 22.8 Å². The Hall–Kier alpha value is -1.64. The van der Waals surface area contributed by atoms with Gasteiger partial charge >= 0.3 is 6.18 Å². The Morgan fingerprint density at radius 2 is 1.71 bits per heavy atom.